The van der Waals surface area contributed by atoms with Crippen LogP contribution in [0.3, 0.4) is 0 Å². The number of fused-ring (bicyclic) bond motifs is 1. The number of anilines is 1. The summed E-state index contributed by atoms with van der Waals surface area (Å²) < 4.78 is 31.6. The van der Waals surface area contributed by atoms with Crippen LogP contribution in [0.25, 0.3) is 0 Å². The smallest absolute Gasteiger partial charge is 0.410 e. The van der Waals surface area contributed by atoms with Crippen LogP contribution in [0.15, 0.2) is 29.2 Å². The van der Waals surface area contributed by atoms with Crippen LogP contribution in [-0.4, -0.2) is 81.2 Å². The second kappa shape index (κ2) is 12.1. The number of amides is 3. The zero-order valence-corrected chi connectivity index (χ0v) is 22.0. The zero-order chi connectivity index (χ0) is 27.2. The van der Waals surface area contributed by atoms with Crippen molar-refractivity contribution in [3.8, 4) is 0 Å². The van der Waals surface area contributed by atoms with E-state index < -0.39 is 22.0 Å². The summed E-state index contributed by atoms with van der Waals surface area (Å²) in [5, 5.41) is 20.1. The van der Waals surface area contributed by atoms with Crippen LogP contribution in [0.1, 0.15) is 38.1 Å². The summed E-state index contributed by atoms with van der Waals surface area (Å²) in [4.78, 5) is 40.1. The van der Waals surface area contributed by atoms with Gasteiger partial charge in [-0.3, -0.25) is 9.59 Å². The van der Waals surface area contributed by atoms with Gasteiger partial charge in [-0.2, -0.15) is 4.31 Å². The van der Waals surface area contributed by atoms with Gasteiger partial charge in [0.15, 0.2) is 0 Å². The van der Waals surface area contributed by atoms with Crippen molar-refractivity contribution >= 4 is 56.7 Å². The standard InChI is InChI=1S/C23H28N6O6S2/c1-3-35-23(32)28-11-8-17-18(14-28)36-22(19(17)21(31)26-2)27-20(30)15-4-6-16(7-5-15)37(33,34)29(12-9-24)13-10-25/h4-7,9-10,24-25H,3,8,11-14H2,1-2H3,(H,26,31)(H,27,30). The lowest BCUT2D eigenvalue weighted by Crippen LogP contribution is -2.36. The van der Waals surface area contributed by atoms with Crippen molar-refractivity contribution in [2.45, 2.75) is 24.8 Å². The Bertz CT molecular complexity index is 1300. The number of carbonyl (C=O) groups excluding carboxylic acids is 3. The molecule has 2 heterocycles. The van der Waals surface area contributed by atoms with E-state index >= 15 is 0 Å². The molecule has 198 valence electrons. The van der Waals surface area contributed by atoms with Gasteiger partial charge in [0.1, 0.15) is 5.00 Å². The number of ether oxygens (including phenoxy) is 1. The first kappa shape index (κ1) is 28.0. The Kier molecular flexibility index (Phi) is 9.13. The Morgan fingerprint density at radius 2 is 1.78 bits per heavy atom. The van der Waals surface area contributed by atoms with Gasteiger partial charge in [-0.15, -0.1) is 11.3 Å². The van der Waals surface area contributed by atoms with Crippen molar-refractivity contribution in [1.82, 2.24) is 14.5 Å². The van der Waals surface area contributed by atoms with Crippen LogP contribution in [0, 0.1) is 10.8 Å². The fraction of sp³-hybridized carbons (Fsp3) is 0.348. The maximum atomic E-state index is 13.0. The highest BCUT2D eigenvalue weighted by Gasteiger charge is 2.31. The van der Waals surface area contributed by atoms with Crippen molar-refractivity contribution < 1.29 is 27.5 Å². The average Bonchev–Trinajstić information content (AvgIpc) is 3.25. The summed E-state index contributed by atoms with van der Waals surface area (Å²) in [6.45, 7) is 2.24. The van der Waals surface area contributed by atoms with Crippen LogP contribution in [-0.2, 0) is 27.7 Å². The molecular weight excluding hydrogens is 520 g/mol. The molecule has 1 aliphatic heterocycles. The number of hydrogen-bond acceptors (Lipinski definition) is 9. The number of nitrogens with one attached hydrogen (secondary N) is 4. The van der Waals surface area contributed by atoms with Crippen molar-refractivity contribution in [3.05, 3.63) is 45.8 Å². The number of benzene rings is 1. The highest BCUT2D eigenvalue weighted by Crippen LogP contribution is 2.37. The monoisotopic (exact) mass is 548 g/mol. The highest BCUT2D eigenvalue weighted by atomic mass is 32.2. The van der Waals surface area contributed by atoms with Gasteiger partial charge in [0.05, 0.1) is 23.6 Å². The second-order valence-corrected chi connectivity index (χ2v) is 10.9. The topological polar surface area (TPSA) is 173 Å². The van der Waals surface area contributed by atoms with Gasteiger partial charge < -0.3 is 31.1 Å². The molecule has 1 aromatic heterocycles. The first-order valence-electron chi connectivity index (χ1n) is 11.4. The summed E-state index contributed by atoms with van der Waals surface area (Å²) in [5.74, 6) is -0.901. The quantitative estimate of drug-likeness (QED) is 0.331. The molecule has 3 rings (SSSR count). The van der Waals surface area contributed by atoms with E-state index in [4.69, 9.17) is 15.6 Å². The van der Waals surface area contributed by atoms with Crippen LogP contribution in [0.4, 0.5) is 9.80 Å². The predicted molar refractivity (Wildman–Crippen MR) is 140 cm³/mol. The fourth-order valence-corrected chi connectivity index (χ4v) is 6.38. The summed E-state index contributed by atoms with van der Waals surface area (Å²) in [6, 6.07) is 5.26. The highest BCUT2D eigenvalue weighted by molar-refractivity contribution is 7.89. The summed E-state index contributed by atoms with van der Waals surface area (Å²) in [7, 11) is -2.47. The van der Waals surface area contributed by atoms with Crippen LogP contribution in [0.5, 0.6) is 0 Å². The fourth-order valence-electron chi connectivity index (χ4n) is 3.80. The number of nitrogens with zero attached hydrogens (tertiary/aromatic N) is 2. The van der Waals surface area contributed by atoms with E-state index in [1.54, 1.807) is 11.8 Å². The van der Waals surface area contributed by atoms with E-state index in [1.165, 1.54) is 42.6 Å². The third kappa shape index (κ3) is 6.03. The molecule has 0 spiro atoms. The van der Waals surface area contributed by atoms with Crippen molar-refractivity contribution in [1.29, 1.82) is 10.8 Å². The van der Waals surface area contributed by atoms with E-state index in [2.05, 4.69) is 10.6 Å². The van der Waals surface area contributed by atoms with Gasteiger partial charge in [-0.05, 0) is 43.2 Å². The SMILES string of the molecule is CCOC(=O)N1CCc2c(sc(NC(=O)c3ccc(S(=O)(=O)N(CC=N)CC=N)cc3)c2C(=O)NC)C1. The third-order valence-corrected chi connectivity index (χ3v) is 8.59. The van der Waals surface area contributed by atoms with E-state index in [-0.39, 0.29) is 42.6 Å². The molecule has 12 nitrogen and oxygen atoms in total. The molecule has 0 aliphatic carbocycles. The molecule has 0 bridgehead atoms. The first-order chi connectivity index (χ1) is 17.7. The maximum Gasteiger partial charge on any atom is 0.410 e. The molecular formula is C23H28N6O6S2. The largest absolute Gasteiger partial charge is 0.450 e. The van der Waals surface area contributed by atoms with Crippen molar-refractivity contribution in [2.24, 2.45) is 0 Å². The normalized spacial score (nSPS) is 13.0. The molecule has 1 aromatic carbocycles. The molecule has 14 heteroatoms. The van der Waals surface area contributed by atoms with Gasteiger partial charge >= 0.3 is 6.09 Å². The molecule has 0 saturated heterocycles. The molecule has 0 atom stereocenters. The maximum absolute atomic E-state index is 13.0. The van der Waals surface area contributed by atoms with Gasteiger partial charge in [-0.25, -0.2) is 13.2 Å². The third-order valence-electron chi connectivity index (χ3n) is 5.61. The molecule has 4 N–H and O–H groups in total. The van der Waals surface area contributed by atoms with Gasteiger partial charge in [0.25, 0.3) is 11.8 Å². The van der Waals surface area contributed by atoms with E-state index in [0.29, 0.717) is 23.5 Å². The molecule has 2 aromatic rings. The lowest BCUT2D eigenvalue weighted by atomic mass is 10.0. The second-order valence-electron chi connectivity index (χ2n) is 7.87. The number of sulfonamides is 1. The van der Waals surface area contributed by atoms with Crippen molar-refractivity contribution in [3.63, 3.8) is 0 Å². The number of thiophene rings is 1. The lowest BCUT2D eigenvalue weighted by Gasteiger charge is -2.26. The van der Waals surface area contributed by atoms with E-state index in [9.17, 15) is 22.8 Å². The van der Waals surface area contributed by atoms with Crippen molar-refractivity contribution in [2.75, 3.05) is 38.6 Å². The first-order valence-corrected chi connectivity index (χ1v) is 13.6. The number of rotatable bonds is 10. The van der Waals surface area contributed by atoms with E-state index in [1.807, 2.05) is 0 Å². The molecule has 3 amide bonds. The minimum absolute atomic E-state index is 0.0792. The number of hydrogen-bond donors (Lipinski definition) is 4. The van der Waals surface area contributed by atoms with E-state index in [0.717, 1.165) is 27.2 Å². The minimum atomic E-state index is -3.96. The van der Waals surface area contributed by atoms with Crippen LogP contribution in [0.2, 0.25) is 0 Å². The number of carbonyl (C=O) groups is 3. The Labute approximate surface area is 218 Å². The predicted octanol–water partition coefficient (Wildman–Crippen LogP) is 2.16. The lowest BCUT2D eigenvalue weighted by molar-refractivity contribution is 0.0961. The average molecular weight is 549 g/mol. The summed E-state index contributed by atoms with van der Waals surface area (Å²) in [5.41, 5.74) is 1.28. The molecule has 1 aliphatic rings. The van der Waals surface area contributed by atoms with Crippen LogP contribution < -0.4 is 10.6 Å². The van der Waals surface area contributed by atoms with Gasteiger partial charge in [0.2, 0.25) is 10.0 Å². The molecule has 0 fully saturated rings. The molecule has 37 heavy (non-hydrogen) atoms. The summed E-state index contributed by atoms with van der Waals surface area (Å²) >= 11 is 1.20. The Hall–Kier alpha value is -3.62. The zero-order valence-electron chi connectivity index (χ0n) is 20.4. The van der Waals surface area contributed by atoms with Crippen LogP contribution >= 0.6 is 11.3 Å². The Balaban J connectivity index is 1.85. The minimum Gasteiger partial charge on any atom is -0.450 e. The molecule has 0 saturated carbocycles. The molecule has 0 unspecified atom stereocenters. The molecule has 0 radical (unpaired) electrons. The Morgan fingerprint density at radius 3 is 2.35 bits per heavy atom. The van der Waals surface area contributed by atoms with Gasteiger partial charge in [-0.1, -0.05) is 0 Å². The van der Waals surface area contributed by atoms with Gasteiger partial charge in [0, 0.05) is 49.6 Å². The Morgan fingerprint density at radius 1 is 1.14 bits per heavy atom. The summed E-state index contributed by atoms with van der Waals surface area (Å²) in [6.07, 6.45) is 1.85.